The minimum atomic E-state index is -4.42. The van der Waals surface area contributed by atoms with Gasteiger partial charge in [0.1, 0.15) is 6.54 Å². The van der Waals surface area contributed by atoms with Crippen molar-refractivity contribution in [3.8, 4) is 0 Å². The molecule has 2 N–H and O–H groups in total. The maximum atomic E-state index is 12.7. The van der Waals surface area contributed by atoms with Gasteiger partial charge in [0.2, 0.25) is 5.91 Å². The molecule has 1 aromatic carbocycles. The normalized spacial score (nSPS) is 27.0. The molecule has 0 saturated carbocycles. The first-order valence-electron chi connectivity index (χ1n) is 6.89. The molecule has 0 aliphatic carbocycles. The molecule has 1 saturated heterocycles. The van der Waals surface area contributed by atoms with Crippen LogP contribution in [-0.4, -0.2) is 35.6 Å². The molecule has 0 bridgehead atoms. The third kappa shape index (κ3) is 3.37. The summed E-state index contributed by atoms with van der Waals surface area (Å²) in [5, 5.41) is 0. The molecule has 0 aromatic heterocycles. The quantitative estimate of drug-likeness (QED) is 0.912. The third-order valence-corrected chi connectivity index (χ3v) is 4.12. The average molecular weight is 300 g/mol. The van der Waals surface area contributed by atoms with Crippen LogP contribution in [-0.2, 0) is 4.79 Å². The number of hydrogen-bond donors (Lipinski definition) is 1. The van der Waals surface area contributed by atoms with Crippen LogP contribution in [0.15, 0.2) is 24.3 Å². The van der Waals surface area contributed by atoms with Crippen LogP contribution in [0, 0.1) is 6.92 Å². The monoisotopic (exact) mass is 300 g/mol. The predicted octanol–water partition coefficient (Wildman–Crippen LogP) is 2.59. The molecule has 0 spiro atoms. The summed E-state index contributed by atoms with van der Waals surface area (Å²) in [4.78, 5) is 12.8. The number of benzene rings is 1. The zero-order chi connectivity index (χ0) is 15.8. The molecule has 21 heavy (non-hydrogen) atoms. The van der Waals surface area contributed by atoms with Gasteiger partial charge in [-0.3, -0.25) is 4.79 Å². The van der Waals surface area contributed by atoms with E-state index in [2.05, 4.69) is 0 Å². The fourth-order valence-corrected chi connectivity index (χ4v) is 3.01. The number of hydrogen-bond acceptors (Lipinski definition) is 2. The average Bonchev–Trinajstić information content (AvgIpc) is 2.39. The van der Waals surface area contributed by atoms with E-state index in [0.29, 0.717) is 6.42 Å². The Kier molecular flexibility index (Phi) is 4.27. The highest BCUT2D eigenvalue weighted by Gasteiger charge is 2.43. The van der Waals surface area contributed by atoms with Gasteiger partial charge in [-0.1, -0.05) is 24.3 Å². The standard InChI is InChI=1S/C15H19F3N2O/c1-9-5-3-4-6-11(9)12-7-13(19)14(21)20(10(12)2)8-15(16,17)18/h3-6,10,12-13H,7-8,19H2,1-2H3/t10-,12-,13+/m1/s1. The van der Waals surface area contributed by atoms with Gasteiger partial charge in [-0.25, -0.2) is 0 Å². The molecule has 1 aliphatic rings. The maximum Gasteiger partial charge on any atom is 0.406 e. The summed E-state index contributed by atoms with van der Waals surface area (Å²) in [5.74, 6) is -0.800. The molecule has 1 aromatic rings. The van der Waals surface area contributed by atoms with Crippen molar-refractivity contribution < 1.29 is 18.0 Å². The van der Waals surface area contributed by atoms with Crippen molar-refractivity contribution in [2.75, 3.05) is 6.54 Å². The van der Waals surface area contributed by atoms with Crippen molar-refractivity contribution in [1.82, 2.24) is 4.90 Å². The fourth-order valence-electron chi connectivity index (χ4n) is 3.01. The summed E-state index contributed by atoms with van der Waals surface area (Å²) in [7, 11) is 0. The second-order valence-corrected chi connectivity index (χ2v) is 5.63. The van der Waals surface area contributed by atoms with Crippen LogP contribution in [0.4, 0.5) is 13.2 Å². The van der Waals surface area contributed by atoms with E-state index in [1.54, 1.807) is 6.92 Å². The molecule has 1 fully saturated rings. The number of amides is 1. The van der Waals surface area contributed by atoms with E-state index in [4.69, 9.17) is 5.73 Å². The van der Waals surface area contributed by atoms with Gasteiger partial charge in [0.15, 0.2) is 0 Å². The lowest BCUT2D eigenvalue weighted by Gasteiger charge is -2.42. The SMILES string of the molecule is Cc1ccccc1[C@@H]1C[C@H](N)C(=O)N(CC(F)(F)F)[C@@H]1C. The van der Waals surface area contributed by atoms with Gasteiger partial charge in [0.05, 0.1) is 6.04 Å². The van der Waals surface area contributed by atoms with Gasteiger partial charge >= 0.3 is 6.18 Å². The Bertz CT molecular complexity index is 530. The lowest BCUT2D eigenvalue weighted by molar-refractivity contribution is -0.170. The zero-order valence-electron chi connectivity index (χ0n) is 12.0. The van der Waals surface area contributed by atoms with Crippen LogP contribution in [0.1, 0.15) is 30.4 Å². The number of halogens is 3. The highest BCUT2D eigenvalue weighted by molar-refractivity contribution is 5.83. The highest BCUT2D eigenvalue weighted by Crippen LogP contribution is 2.35. The summed E-state index contributed by atoms with van der Waals surface area (Å²) < 4.78 is 38.1. The molecule has 3 atom stereocenters. The topological polar surface area (TPSA) is 46.3 Å². The largest absolute Gasteiger partial charge is 0.406 e. The summed E-state index contributed by atoms with van der Waals surface area (Å²) in [6, 6.07) is 6.13. The number of nitrogens with zero attached hydrogens (tertiary/aromatic N) is 1. The van der Waals surface area contributed by atoms with Crippen molar-refractivity contribution in [1.29, 1.82) is 0 Å². The van der Waals surface area contributed by atoms with Crippen LogP contribution < -0.4 is 5.73 Å². The minimum Gasteiger partial charge on any atom is -0.329 e. The predicted molar refractivity (Wildman–Crippen MR) is 73.7 cm³/mol. The summed E-state index contributed by atoms with van der Waals surface area (Å²) in [5.41, 5.74) is 7.73. The lowest BCUT2D eigenvalue weighted by atomic mass is 9.80. The Labute approximate surface area is 121 Å². The minimum absolute atomic E-state index is 0.179. The smallest absolute Gasteiger partial charge is 0.329 e. The lowest BCUT2D eigenvalue weighted by Crippen LogP contribution is -2.57. The first-order chi connectivity index (χ1) is 9.70. The second kappa shape index (κ2) is 5.67. The van der Waals surface area contributed by atoms with Crippen molar-refractivity contribution in [3.63, 3.8) is 0 Å². The van der Waals surface area contributed by atoms with Crippen LogP contribution in [0.3, 0.4) is 0 Å². The van der Waals surface area contributed by atoms with E-state index < -0.39 is 30.7 Å². The molecule has 0 radical (unpaired) electrons. The van der Waals surface area contributed by atoms with E-state index in [1.807, 2.05) is 31.2 Å². The zero-order valence-corrected chi connectivity index (χ0v) is 12.0. The van der Waals surface area contributed by atoms with E-state index in [9.17, 15) is 18.0 Å². The van der Waals surface area contributed by atoms with Crippen LogP contribution in [0.5, 0.6) is 0 Å². The van der Waals surface area contributed by atoms with Crippen molar-refractivity contribution in [2.45, 2.75) is 44.4 Å². The van der Waals surface area contributed by atoms with Crippen molar-refractivity contribution in [3.05, 3.63) is 35.4 Å². The molecule has 3 nitrogen and oxygen atoms in total. The number of rotatable bonds is 2. The number of carbonyl (C=O) groups is 1. The Balaban J connectivity index is 2.32. The van der Waals surface area contributed by atoms with Crippen LogP contribution >= 0.6 is 0 Å². The molecular weight excluding hydrogens is 281 g/mol. The summed E-state index contributed by atoms with van der Waals surface area (Å²) >= 11 is 0. The van der Waals surface area contributed by atoms with E-state index >= 15 is 0 Å². The third-order valence-electron chi connectivity index (χ3n) is 4.12. The Morgan fingerprint density at radius 3 is 2.52 bits per heavy atom. The summed E-state index contributed by atoms with van der Waals surface area (Å²) in [6.45, 7) is 2.33. The number of piperidine rings is 1. The number of alkyl halides is 3. The first kappa shape index (κ1) is 15.8. The van der Waals surface area contributed by atoms with E-state index in [0.717, 1.165) is 16.0 Å². The number of nitrogens with two attached hydrogens (primary N) is 1. The number of likely N-dealkylation sites (tertiary alicyclic amines) is 1. The first-order valence-corrected chi connectivity index (χ1v) is 6.89. The molecule has 2 rings (SSSR count). The summed E-state index contributed by atoms with van der Waals surface area (Å²) in [6.07, 6.45) is -4.05. The Hall–Kier alpha value is -1.56. The number of aryl methyl sites for hydroxylation is 1. The van der Waals surface area contributed by atoms with E-state index in [1.165, 1.54) is 0 Å². The Morgan fingerprint density at radius 1 is 1.33 bits per heavy atom. The Morgan fingerprint density at radius 2 is 1.95 bits per heavy atom. The molecule has 1 aliphatic heterocycles. The van der Waals surface area contributed by atoms with Gasteiger partial charge < -0.3 is 10.6 Å². The molecular formula is C15H19F3N2O. The fraction of sp³-hybridized carbons (Fsp3) is 0.533. The van der Waals surface area contributed by atoms with E-state index in [-0.39, 0.29) is 5.92 Å². The molecule has 6 heteroatoms. The van der Waals surface area contributed by atoms with Crippen molar-refractivity contribution in [2.24, 2.45) is 5.73 Å². The molecule has 116 valence electrons. The van der Waals surface area contributed by atoms with Crippen LogP contribution in [0.25, 0.3) is 0 Å². The van der Waals surface area contributed by atoms with Gasteiger partial charge in [0.25, 0.3) is 0 Å². The molecule has 1 heterocycles. The number of carbonyl (C=O) groups excluding carboxylic acids is 1. The molecule has 0 unspecified atom stereocenters. The van der Waals surface area contributed by atoms with Gasteiger partial charge in [-0.15, -0.1) is 0 Å². The van der Waals surface area contributed by atoms with Gasteiger partial charge in [-0.2, -0.15) is 13.2 Å². The second-order valence-electron chi connectivity index (χ2n) is 5.63. The maximum absolute atomic E-state index is 12.7. The molecule has 1 amide bonds. The highest BCUT2D eigenvalue weighted by atomic mass is 19.4. The van der Waals surface area contributed by atoms with Crippen molar-refractivity contribution >= 4 is 5.91 Å². The van der Waals surface area contributed by atoms with Gasteiger partial charge in [-0.05, 0) is 31.4 Å². The van der Waals surface area contributed by atoms with Gasteiger partial charge in [0, 0.05) is 12.0 Å². The van der Waals surface area contributed by atoms with Crippen LogP contribution in [0.2, 0.25) is 0 Å².